The van der Waals surface area contributed by atoms with Crippen molar-refractivity contribution < 1.29 is 5.11 Å². The zero-order chi connectivity index (χ0) is 12.3. The molecule has 0 heterocycles. The van der Waals surface area contributed by atoms with E-state index in [1.54, 1.807) is 6.07 Å². The lowest BCUT2D eigenvalue weighted by molar-refractivity contribution is 0.173. The molecule has 3 nitrogen and oxygen atoms in total. The number of halogens is 1. The maximum atomic E-state index is 9.62. The van der Waals surface area contributed by atoms with Crippen molar-refractivity contribution >= 4 is 23.0 Å². The lowest BCUT2D eigenvalue weighted by atomic mass is 9.82. The minimum atomic E-state index is -0.210. The molecule has 17 heavy (non-hydrogen) atoms. The second kappa shape index (κ2) is 5.15. The van der Waals surface area contributed by atoms with E-state index in [1.165, 1.54) is 6.42 Å². The molecule has 0 aliphatic heterocycles. The molecule has 1 saturated carbocycles. The van der Waals surface area contributed by atoms with Crippen LogP contribution in [0.5, 0.6) is 0 Å². The van der Waals surface area contributed by atoms with Gasteiger partial charge < -0.3 is 16.2 Å². The Bertz CT molecular complexity index is 389. The summed E-state index contributed by atoms with van der Waals surface area (Å²) in [5.41, 5.74) is 6.97. The summed E-state index contributed by atoms with van der Waals surface area (Å²) in [5.74, 6) is 0. The van der Waals surface area contributed by atoms with Crippen LogP contribution in [-0.2, 0) is 0 Å². The number of hydrogen-bond acceptors (Lipinski definition) is 3. The highest BCUT2D eigenvalue weighted by Crippen LogP contribution is 2.34. The van der Waals surface area contributed by atoms with Crippen LogP contribution in [0, 0.1) is 0 Å². The summed E-state index contributed by atoms with van der Waals surface area (Å²) in [5, 5.41) is 13.6. The van der Waals surface area contributed by atoms with Gasteiger partial charge in [-0.25, -0.2) is 0 Å². The van der Waals surface area contributed by atoms with Gasteiger partial charge in [-0.15, -0.1) is 0 Å². The molecule has 2 rings (SSSR count). The molecule has 0 radical (unpaired) electrons. The van der Waals surface area contributed by atoms with Crippen LogP contribution in [0.1, 0.15) is 32.1 Å². The number of rotatable bonds is 3. The number of benzene rings is 1. The van der Waals surface area contributed by atoms with E-state index in [0.717, 1.165) is 31.4 Å². The maximum absolute atomic E-state index is 9.62. The number of nitrogen functional groups attached to an aromatic ring is 1. The lowest BCUT2D eigenvalue weighted by Crippen LogP contribution is -2.43. The van der Waals surface area contributed by atoms with Crippen molar-refractivity contribution in [2.75, 3.05) is 17.7 Å². The molecular formula is C13H19ClN2O. The van der Waals surface area contributed by atoms with Crippen molar-refractivity contribution in [1.29, 1.82) is 0 Å². The monoisotopic (exact) mass is 254 g/mol. The minimum Gasteiger partial charge on any atom is -0.399 e. The van der Waals surface area contributed by atoms with Gasteiger partial charge in [-0.2, -0.15) is 0 Å². The van der Waals surface area contributed by atoms with Gasteiger partial charge in [0, 0.05) is 5.69 Å². The molecule has 0 bridgehead atoms. The van der Waals surface area contributed by atoms with E-state index in [1.807, 2.05) is 12.1 Å². The van der Waals surface area contributed by atoms with Gasteiger partial charge in [0.1, 0.15) is 0 Å². The summed E-state index contributed by atoms with van der Waals surface area (Å²) in [6.45, 7) is 0.147. The Labute approximate surface area is 107 Å². The van der Waals surface area contributed by atoms with Crippen molar-refractivity contribution in [3.63, 3.8) is 0 Å². The van der Waals surface area contributed by atoms with Gasteiger partial charge in [0.2, 0.25) is 0 Å². The highest BCUT2D eigenvalue weighted by molar-refractivity contribution is 6.33. The Morgan fingerprint density at radius 2 is 2.00 bits per heavy atom. The normalized spacial score (nSPS) is 18.9. The first-order valence-electron chi connectivity index (χ1n) is 6.09. The van der Waals surface area contributed by atoms with E-state index in [2.05, 4.69) is 5.32 Å². The molecule has 1 aromatic carbocycles. The van der Waals surface area contributed by atoms with E-state index in [0.29, 0.717) is 10.7 Å². The van der Waals surface area contributed by atoms with E-state index in [4.69, 9.17) is 17.3 Å². The van der Waals surface area contributed by atoms with Crippen LogP contribution in [0.25, 0.3) is 0 Å². The van der Waals surface area contributed by atoms with E-state index in [9.17, 15) is 5.11 Å². The largest absolute Gasteiger partial charge is 0.399 e. The number of nitrogens with one attached hydrogen (secondary N) is 1. The van der Waals surface area contributed by atoms with Crippen LogP contribution < -0.4 is 11.1 Å². The Morgan fingerprint density at radius 3 is 2.59 bits per heavy atom. The van der Waals surface area contributed by atoms with Gasteiger partial charge in [-0.3, -0.25) is 0 Å². The second-order valence-electron chi connectivity index (χ2n) is 4.86. The predicted molar refractivity (Wildman–Crippen MR) is 72.4 cm³/mol. The topological polar surface area (TPSA) is 58.3 Å². The molecule has 1 fully saturated rings. The zero-order valence-corrected chi connectivity index (χ0v) is 10.6. The number of nitrogens with two attached hydrogens (primary N) is 1. The van der Waals surface area contributed by atoms with Crippen LogP contribution in [-0.4, -0.2) is 17.3 Å². The van der Waals surface area contributed by atoms with Crippen molar-refractivity contribution in [2.45, 2.75) is 37.6 Å². The number of hydrogen-bond donors (Lipinski definition) is 3. The molecule has 1 aliphatic carbocycles. The third kappa shape index (κ3) is 2.85. The second-order valence-corrected chi connectivity index (χ2v) is 5.27. The molecule has 0 atom stereocenters. The van der Waals surface area contributed by atoms with Crippen LogP contribution in [0.15, 0.2) is 18.2 Å². The smallest absolute Gasteiger partial charge is 0.0661 e. The van der Waals surface area contributed by atoms with Gasteiger partial charge in [0.25, 0.3) is 0 Å². The summed E-state index contributed by atoms with van der Waals surface area (Å²) in [4.78, 5) is 0. The number of anilines is 2. The van der Waals surface area contributed by atoms with Crippen LogP contribution in [0.3, 0.4) is 0 Å². The maximum Gasteiger partial charge on any atom is 0.0661 e. The summed E-state index contributed by atoms with van der Waals surface area (Å²) < 4.78 is 0. The number of aliphatic hydroxyl groups excluding tert-OH is 1. The summed E-state index contributed by atoms with van der Waals surface area (Å²) in [6.07, 6.45) is 5.54. The summed E-state index contributed by atoms with van der Waals surface area (Å²) >= 11 is 6.14. The zero-order valence-electron chi connectivity index (χ0n) is 9.88. The van der Waals surface area contributed by atoms with Gasteiger partial charge in [-0.1, -0.05) is 30.9 Å². The summed E-state index contributed by atoms with van der Waals surface area (Å²) in [6, 6.07) is 5.43. The van der Waals surface area contributed by atoms with Crippen LogP contribution in [0.4, 0.5) is 11.4 Å². The van der Waals surface area contributed by atoms with Crippen molar-refractivity contribution in [3.8, 4) is 0 Å². The average Bonchev–Trinajstić information content (AvgIpc) is 2.34. The van der Waals surface area contributed by atoms with Crippen LogP contribution in [0.2, 0.25) is 5.02 Å². The van der Waals surface area contributed by atoms with Crippen molar-refractivity contribution in [1.82, 2.24) is 0 Å². The van der Waals surface area contributed by atoms with Crippen LogP contribution >= 0.6 is 11.6 Å². The summed E-state index contributed by atoms with van der Waals surface area (Å²) in [7, 11) is 0. The van der Waals surface area contributed by atoms with E-state index in [-0.39, 0.29) is 12.1 Å². The number of aliphatic hydroxyl groups is 1. The molecule has 94 valence electrons. The fraction of sp³-hybridized carbons (Fsp3) is 0.538. The predicted octanol–water partition coefficient (Wildman–Crippen LogP) is 3.03. The first-order chi connectivity index (χ1) is 8.15. The molecule has 1 aliphatic rings. The first kappa shape index (κ1) is 12.5. The highest BCUT2D eigenvalue weighted by atomic mass is 35.5. The SMILES string of the molecule is Nc1ccc(NC2(CO)CCCCC2)c(Cl)c1. The Morgan fingerprint density at radius 1 is 1.29 bits per heavy atom. The fourth-order valence-corrected chi connectivity index (χ4v) is 2.71. The molecule has 0 aromatic heterocycles. The quantitative estimate of drug-likeness (QED) is 0.727. The standard InChI is InChI=1S/C13H19ClN2O/c14-11-8-10(15)4-5-12(11)16-13(9-17)6-2-1-3-7-13/h4-5,8,16-17H,1-3,6-7,9,15H2. The average molecular weight is 255 g/mol. The van der Waals surface area contributed by atoms with Crippen molar-refractivity contribution in [2.24, 2.45) is 0 Å². The van der Waals surface area contributed by atoms with E-state index < -0.39 is 0 Å². The molecule has 0 amide bonds. The van der Waals surface area contributed by atoms with Gasteiger partial charge >= 0.3 is 0 Å². The Hall–Kier alpha value is -0.930. The third-order valence-electron chi connectivity index (χ3n) is 3.51. The molecule has 4 N–H and O–H groups in total. The molecule has 0 unspecified atom stereocenters. The highest BCUT2D eigenvalue weighted by Gasteiger charge is 2.31. The van der Waals surface area contributed by atoms with Gasteiger partial charge in [-0.05, 0) is 31.0 Å². The fourth-order valence-electron chi connectivity index (χ4n) is 2.47. The van der Waals surface area contributed by atoms with Gasteiger partial charge in [0.05, 0.1) is 22.9 Å². The molecule has 0 spiro atoms. The molecule has 1 aromatic rings. The molecule has 0 saturated heterocycles. The van der Waals surface area contributed by atoms with E-state index >= 15 is 0 Å². The molecule has 4 heteroatoms. The van der Waals surface area contributed by atoms with Gasteiger partial charge in [0.15, 0.2) is 0 Å². The minimum absolute atomic E-state index is 0.147. The third-order valence-corrected chi connectivity index (χ3v) is 3.82. The lowest BCUT2D eigenvalue weighted by Gasteiger charge is -2.37. The first-order valence-corrected chi connectivity index (χ1v) is 6.47. The Kier molecular flexibility index (Phi) is 3.79. The Balaban J connectivity index is 2.17. The van der Waals surface area contributed by atoms with Crippen molar-refractivity contribution in [3.05, 3.63) is 23.2 Å². The molecular weight excluding hydrogens is 236 g/mol.